The maximum absolute atomic E-state index is 11.2. The number of carbonyl (C=O) groups excluding carboxylic acids is 1. The Morgan fingerprint density at radius 1 is 1.11 bits per heavy atom. The number of nitrogens with one attached hydrogen (secondary N) is 1. The second-order valence-corrected chi connectivity index (χ2v) is 6.60. The number of ether oxygens (including phenoxy) is 1. The van der Waals surface area contributed by atoms with Gasteiger partial charge in [-0.3, -0.25) is 4.79 Å². The first kappa shape index (κ1) is 18.8. The van der Waals surface area contributed by atoms with Crippen molar-refractivity contribution in [3.63, 3.8) is 0 Å². The Morgan fingerprint density at radius 2 is 1.89 bits per heavy atom. The van der Waals surface area contributed by atoms with Crippen LogP contribution in [0.3, 0.4) is 0 Å². The second kappa shape index (κ2) is 8.62. The number of hydrogen-bond acceptors (Lipinski definition) is 5. The van der Waals surface area contributed by atoms with Gasteiger partial charge in [0.25, 0.3) is 0 Å². The molecule has 0 saturated heterocycles. The van der Waals surface area contributed by atoms with E-state index in [1.807, 2.05) is 24.3 Å². The summed E-state index contributed by atoms with van der Waals surface area (Å²) in [5.41, 5.74) is 6.82. The van der Waals surface area contributed by atoms with E-state index in [9.17, 15) is 4.79 Å². The van der Waals surface area contributed by atoms with E-state index in [2.05, 4.69) is 41.4 Å². The van der Waals surface area contributed by atoms with Crippen LogP contribution in [0.25, 0.3) is 10.8 Å². The Morgan fingerprint density at radius 3 is 2.56 bits per heavy atom. The molecule has 0 bridgehead atoms. The number of fused-ring (bicyclic) bond motifs is 1. The molecule has 1 heterocycles. The molecule has 1 amide bonds. The number of rotatable bonds is 8. The van der Waals surface area contributed by atoms with E-state index in [1.165, 1.54) is 11.8 Å². The summed E-state index contributed by atoms with van der Waals surface area (Å²) in [5.74, 6) is 0.634. The molecule has 2 aromatic carbocycles. The minimum atomic E-state index is -0.509. The van der Waals surface area contributed by atoms with Crippen LogP contribution < -0.4 is 15.8 Å². The Kier molecular flexibility index (Phi) is 6.01. The first-order chi connectivity index (χ1) is 13.0. The lowest BCUT2D eigenvalue weighted by atomic mass is 10.0. The van der Waals surface area contributed by atoms with Gasteiger partial charge >= 0.3 is 0 Å². The van der Waals surface area contributed by atoms with Crippen molar-refractivity contribution < 1.29 is 9.53 Å². The van der Waals surface area contributed by atoms with Crippen LogP contribution in [0.5, 0.6) is 11.6 Å². The Balaban J connectivity index is 1.80. The maximum atomic E-state index is 11.2. The highest BCUT2D eigenvalue weighted by atomic mass is 16.5. The highest BCUT2D eigenvalue weighted by Gasteiger charge is 2.09. The highest BCUT2D eigenvalue weighted by Crippen LogP contribution is 2.31. The summed E-state index contributed by atoms with van der Waals surface area (Å²) < 4.78 is 5.95. The summed E-state index contributed by atoms with van der Waals surface area (Å²) in [6.07, 6.45) is 1.42. The van der Waals surface area contributed by atoms with Crippen LogP contribution in [0.15, 0.2) is 54.7 Å². The van der Waals surface area contributed by atoms with E-state index in [4.69, 9.17) is 10.5 Å². The third-order valence-electron chi connectivity index (χ3n) is 4.26. The molecule has 0 aliphatic carbocycles. The number of pyridine rings is 1. The summed E-state index contributed by atoms with van der Waals surface area (Å²) in [7, 11) is 4.13. The monoisotopic (exact) mass is 364 g/mol. The van der Waals surface area contributed by atoms with Gasteiger partial charge in [-0.2, -0.15) is 0 Å². The van der Waals surface area contributed by atoms with E-state index < -0.39 is 5.91 Å². The molecule has 3 rings (SSSR count). The molecule has 6 nitrogen and oxygen atoms in total. The van der Waals surface area contributed by atoms with Crippen LogP contribution >= 0.6 is 0 Å². The first-order valence-electron chi connectivity index (χ1n) is 8.84. The van der Waals surface area contributed by atoms with E-state index in [0.29, 0.717) is 11.4 Å². The van der Waals surface area contributed by atoms with Gasteiger partial charge < -0.3 is 20.7 Å². The fraction of sp³-hybridized carbons (Fsp3) is 0.238. The molecule has 0 fully saturated rings. The summed E-state index contributed by atoms with van der Waals surface area (Å²) in [5, 5.41) is 5.63. The third kappa shape index (κ3) is 4.81. The van der Waals surface area contributed by atoms with Crippen LogP contribution in [0.2, 0.25) is 0 Å². The van der Waals surface area contributed by atoms with Gasteiger partial charge in [0.2, 0.25) is 11.8 Å². The quantitative estimate of drug-likeness (QED) is 0.601. The molecule has 0 spiro atoms. The standard InChI is InChI=1S/C21H24N4O2/c1-25(2)12-11-23-13-15-7-9-19(18-6-4-3-5-17(15)18)27-20-10-8-16(14-24-20)21(22)26/h3-10,14,23H,11-13H2,1-2H3,(H2,22,26). The number of nitrogens with zero attached hydrogens (tertiary/aromatic N) is 2. The Bertz CT molecular complexity index is 923. The molecular formula is C21H24N4O2. The van der Waals surface area contributed by atoms with E-state index >= 15 is 0 Å². The molecule has 1 aromatic heterocycles. The normalized spacial score (nSPS) is 11.1. The molecule has 0 radical (unpaired) electrons. The zero-order valence-electron chi connectivity index (χ0n) is 15.6. The van der Waals surface area contributed by atoms with Gasteiger partial charge in [-0.15, -0.1) is 0 Å². The summed E-state index contributed by atoms with van der Waals surface area (Å²) in [6.45, 7) is 2.71. The third-order valence-corrected chi connectivity index (χ3v) is 4.26. The number of primary amides is 1. The van der Waals surface area contributed by atoms with Crippen LogP contribution in [-0.4, -0.2) is 43.0 Å². The lowest BCUT2D eigenvalue weighted by molar-refractivity contribution is 0.1000. The van der Waals surface area contributed by atoms with Crippen LogP contribution in [0, 0.1) is 0 Å². The number of benzene rings is 2. The predicted octanol–water partition coefficient (Wildman–Crippen LogP) is 2.78. The molecule has 3 N–H and O–H groups in total. The summed E-state index contributed by atoms with van der Waals surface area (Å²) >= 11 is 0. The zero-order valence-corrected chi connectivity index (χ0v) is 15.6. The Labute approximate surface area is 159 Å². The van der Waals surface area contributed by atoms with Gasteiger partial charge in [-0.1, -0.05) is 30.3 Å². The zero-order chi connectivity index (χ0) is 19.2. The summed E-state index contributed by atoms with van der Waals surface area (Å²) in [6, 6.07) is 15.4. The number of carbonyl (C=O) groups is 1. The topological polar surface area (TPSA) is 80.5 Å². The van der Waals surface area contributed by atoms with Gasteiger partial charge in [-0.05, 0) is 37.2 Å². The molecule has 0 unspecified atom stereocenters. The second-order valence-electron chi connectivity index (χ2n) is 6.60. The maximum Gasteiger partial charge on any atom is 0.250 e. The molecule has 0 aliphatic heterocycles. The fourth-order valence-corrected chi connectivity index (χ4v) is 2.80. The molecule has 0 saturated carbocycles. The SMILES string of the molecule is CN(C)CCNCc1ccc(Oc2ccc(C(N)=O)cn2)c2ccccc12. The van der Waals surface area contributed by atoms with E-state index in [-0.39, 0.29) is 0 Å². The van der Waals surface area contributed by atoms with Gasteiger partial charge in [-0.25, -0.2) is 4.98 Å². The largest absolute Gasteiger partial charge is 0.438 e. The minimum Gasteiger partial charge on any atom is -0.438 e. The van der Waals surface area contributed by atoms with E-state index in [0.717, 1.165) is 36.2 Å². The predicted molar refractivity (Wildman–Crippen MR) is 107 cm³/mol. The molecule has 27 heavy (non-hydrogen) atoms. The average Bonchev–Trinajstić information content (AvgIpc) is 2.67. The van der Waals surface area contributed by atoms with Gasteiger partial charge in [0.1, 0.15) is 5.75 Å². The molecule has 3 aromatic rings. The van der Waals surface area contributed by atoms with Gasteiger partial charge in [0.05, 0.1) is 5.56 Å². The van der Waals surface area contributed by atoms with Crippen molar-refractivity contribution in [1.29, 1.82) is 0 Å². The minimum absolute atomic E-state index is 0.353. The number of aromatic nitrogens is 1. The van der Waals surface area contributed by atoms with Crippen molar-refractivity contribution in [1.82, 2.24) is 15.2 Å². The number of nitrogens with two attached hydrogens (primary N) is 1. The van der Waals surface area contributed by atoms with E-state index in [1.54, 1.807) is 12.1 Å². The van der Waals surface area contributed by atoms with Crippen molar-refractivity contribution in [3.05, 3.63) is 65.9 Å². The molecule has 0 aliphatic rings. The molecule has 6 heteroatoms. The van der Waals surface area contributed by atoms with Gasteiger partial charge in [0, 0.05) is 37.3 Å². The Hall–Kier alpha value is -2.96. The van der Waals surface area contributed by atoms with Crippen molar-refractivity contribution in [3.8, 4) is 11.6 Å². The first-order valence-corrected chi connectivity index (χ1v) is 8.84. The molecular weight excluding hydrogens is 340 g/mol. The molecule has 0 atom stereocenters. The van der Waals surface area contributed by atoms with Crippen LogP contribution in [0.4, 0.5) is 0 Å². The number of amides is 1. The average molecular weight is 364 g/mol. The highest BCUT2D eigenvalue weighted by molar-refractivity contribution is 5.92. The number of likely N-dealkylation sites (N-methyl/N-ethyl adjacent to an activating group) is 1. The van der Waals surface area contributed by atoms with Crippen molar-refractivity contribution >= 4 is 16.7 Å². The lowest BCUT2D eigenvalue weighted by Crippen LogP contribution is -2.26. The van der Waals surface area contributed by atoms with Crippen molar-refractivity contribution in [2.24, 2.45) is 5.73 Å². The van der Waals surface area contributed by atoms with Gasteiger partial charge in [0.15, 0.2) is 0 Å². The fourth-order valence-electron chi connectivity index (χ4n) is 2.80. The smallest absolute Gasteiger partial charge is 0.250 e. The lowest BCUT2D eigenvalue weighted by Gasteiger charge is -2.14. The van der Waals surface area contributed by atoms with Crippen LogP contribution in [-0.2, 0) is 6.54 Å². The molecule has 140 valence electrons. The number of hydrogen-bond donors (Lipinski definition) is 2. The van der Waals surface area contributed by atoms with Crippen molar-refractivity contribution in [2.75, 3.05) is 27.2 Å². The van der Waals surface area contributed by atoms with Crippen molar-refractivity contribution in [2.45, 2.75) is 6.54 Å². The van der Waals surface area contributed by atoms with Crippen LogP contribution in [0.1, 0.15) is 15.9 Å². The summed E-state index contributed by atoms with van der Waals surface area (Å²) in [4.78, 5) is 17.5.